The van der Waals surface area contributed by atoms with Gasteiger partial charge in [0.25, 0.3) is 0 Å². The topological polar surface area (TPSA) is 121 Å². The Hall–Kier alpha value is -1.89. The number of carboxylic acid groups (broad SMARTS) is 1. The molecule has 2 unspecified atom stereocenters. The average Bonchev–Trinajstić information content (AvgIpc) is 2.68. The summed E-state index contributed by atoms with van der Waals surface area (Å²) in [5.74, 6) is -1.61. The summed E-state index contributed by atoms with van der Waals surface area (Å²) in [5, 5.41) is 11.2. The summed E-state index contributed by atoms with van der Waals surface area (Å²) in [6, 6.07) is -1.75. The first-order valence-electron chi connectivity index (χ1n) is 4.77. The summed E-state index contributed by atoms with van der Waals surface area (Å²) in [6.07, 6.45) is 3.15. The number of carbonyl (C=O) groups excluding carboxylic acids is 1. The minimum absolute atomic E-state index is 0.122. The van der Waals surface area contributed by atoms with Crippen molar-refractivity contribution in [3.05, 3.63) is 18.2 Å². The predicted molar refractivity (Wildman–Crippen MR) is 55.5 cm³/mol. The monoisotopic (exact) mass is 226 g/mol. The third kappa shape index (κ3) is 3.35. The molecule has 0 bridgehead atoms. The second-order valence-electron chi connectivity index (χ2n) is 3.45. The molecule has 0 aliphatic rings. The fraction of sp³-hybridized carbons (Fsp3) is 0.444. The highest BCUT2D eigenvalue weighted by Crippen LogP contribution is 1.99. The Morgan fingerprint density at radius 1 is 1.69 bits per heavy atom. The van der Waals surface area contributed by atoms with Crippen molar-refractivity contribution in [3.8, 4) is 0 Å². The highest BCUT2D eigenvalue weighted by Gasteiger charge is 2.22. The molecule has 1 aromatic rings. The van der Waals surface area contributed by atoms with Gasteiger partial charge in [0, 0.05) is 12.6 Å². The van der Waals surface area contributed by atoms with Crippen LogP contribution in [-0.2, 0) is 16.0 Å². The van der Waals surface area contributed by atoms with Crippen molar-refractivity contribution in [3.63, 3.8) is 0 Å². The lowest BCUT2D eigenvalue weighted by atomic mass is 10.1. The summed E-state index contributed by atoms with van der Waals surface area (Å²) in [7, 11) is 0. The highest BCUT2D eigenvalue weighted by molar-refractivity contribution is 5.86. The molecule has 0 radical (unpaired) electrons. The maximum absolute atomic E-state index is 11.3. The number of nitrogens with zero attached hydrogens (tertiary/aromatic N) is 1. The normalized spacial score (nSPS) is 14.1. The van der Waals surface area contributed by atoms with Gasteiger partial charge in [-0.05, 0) is 6.92 Å². The van der Waals surface area contributed by atoms with Crippen molar-refractivity contribution < 1.29 is 14.7 Å². The Balaban J connectivity index is 2.62. The van der Waals surface area contributed by atoms with E-state index in [0.717, 1.165) is 0 Å². The summed E-state index contributed by atoms with van der Waals surface area (Å²) >= 11 is 0. The van der Waals surface area contributed by atoms with Gasteiger partial charge in [-0.2, -0.15) is 0 Å². The van der Waals surface area contributed by atoms with Gasteiger partial charge in [-0.15, -0.1) is 0 Å². The van der Waals surface area contributed by atoms with E-state index in [9.17, 15) is 9.59 Å². The molecule has 1 rings (SSSR count). The zero-order valence-corrected chi connectivity index (χ0v) is 8.80. The molecular weight excluding hydrogens is 212 g/mol. The lowest BCUT2D eigenvalue weighted by molar-refractivity contribution is -0.141. The van der Waals surface area contributed by atoms with Crippen LogP contribution in [0, 0.1) is 0 Å². The molecule has 0 aromatic carbocycles. The molecule has 1 amide bonds. The van der Waals surface area contributed by atoms with E-state index in [1.807, 2.05) is 0 Å². The minimum Gasteiger partial charge on any atom is -0.480 e. The summed E-state index contributed by atoms with van der Waals surface area (Å²) in [4.78, 5) is 28.7. The standard InChI is InChI=1S/C9H14N4O3/c1-5(10)8(14)13-7(9(15)16)2-6-3-11-4-12-6/h3-5,7H,2,10H2,1H3,(H,11,12)(H,13,14)(H,15,16). The number of carbonyl (C=O) groups is 2. The predicted octanol–water partition coefficient (Wildman–Crippen LogP) is -1.13. The van der Waals surface area contributed by atoms with Crippen molar-refractivity contribution in [2.45, 2.75) is 25.4 Å². The lowest BCUT2D eigenvalue weighted by Gasteiger charge is -2.14. The van der Waals surface area contributed by atoms with Crippen LogP contribution in [0.4, 0.5) is 0 Å². The Bertz CT molecular complexity index is 361. The van der Waals surface area contributed by atoms with Crippen LogP contribution in [0.3, 0.4) is 0 Å². The molecule has 1 aromatic heterocycles. The molecule has 0 spiro atoms. The molecule has 7 heteroatoms. The number of H-pyrrole nitrogens is 1. The van der Waals surface area contributed by atoms with E-state index in [0.29, 0.717) is 5.69 Å². The van der Waals surface area contributed by atoms with E-state index in [2.05, 4.69) is 15.3 Å². The molecular formula is C9H14N4O3. The summed E-state index contributed by atoms with van der Waals surface area (Å²) in [5.41, 5.74) is 5.90. The summed E-state index contributed by atoms with van der Waals surface area (Å²) in [6.45, 7) is 1.49. The van der Waals surface area contributed by atoms with E-state index in [-0.39, 0.29) is 6.42 Å². The van der Waals surface area contributed by atoms with Crippen LogP contribution in [0.1, 0.15) is 12.6 Å². The van der Waals surface area contributed by atoms with E-state index in [4.69, 9.17) is 10.8 Å². The van der Waals surface area contributed by atoms with Crippen LogP contribution in [0.5, 0.6) is 0 Å². The van der Waals surface area contributed by atoms with Crippen molar-refractivity contribution in [1.82, 2.24) is 15.3 Å². The van der Waals surface area contributed by atoms with Crippen molar-refractivity contribution >= 4 is 11.9 Å². The van der Waals surface area contributed by atoms with Gasteiger partial charge in [-0.1, -0.05) is 0 Å². The van der Waals surface area contributed by atoms with Crippen LogP contribution in [0.2, 0.25) is 0 Å². The molecule has 7 nitrogen and oxygen atoms in total. The SMILES string of the molecule is CC(N)C(=O)NC(Cc1c[nH]cn1)C(=O)O. The highest BCUT2D eigenvalue weighted by atomic mass is 16.4. The Morgan fingerprint density at radius 2 is 2.38 bits per heavy atom. The Labute approximate surface area is 92.1 Å². The van der Waals surface area contributed by atoms with Gasteiger partial charge in [0.2, 0.25) is 5.91 Å². The van der Waals surface area contributed by atoms with Crippen LogP contribution >= 0.6 is 0 Å². The van der Waals surface area contributed by atoms with Gasteiger partial charge in [-0.25, -0.2) is 9.78 Å². The van der Waals surface area contributed by atoms with Crippen LogP contribution in [0.25, 0.3) is 0 Å². The number of nitrogens with two attached hydrogens (primary N) is 1. The number of aromatic nitrogens is 2. The minimum atomic E-state index is -1.11. The fourth-order valence-corrected chi connectivity index (χ4v) is 1.11. The average molecular weight is 226 g/mol. The number of nitrogens with one attached hydrogen (secondary N) is 2. The Kier molecular flexibility index (Phi) is 4.01. The zero-order valence-electron chi connectivity index (χ0n) is 8.80. The quantitative estimate of drug-likeness (QED) is 0.506. The van der Waals surface area contributed by atoms with E-state index >= 15 is 0 Å². The van der Waals surface area contributed by atoms with Crippen molar-refractivity contribution in [2.75, 3.05) is 0 Å². The van der Waals surface area contributed by atoms with Gasteiger partial charge in [-0.3, -0.25) is 4.79 Å². The zero-order chi connectivity index (χ0) is 12.1. The number of hydrogen-bond acceptors (Lipinski definition) is 4. The van der Waals surface area contributed by atoms with Gasteiger partial charge in [0.1, 0.15) is 6.04 Å². The first kappa shape index (κ1) is 12.2. The Morgan fingerprint density at radius 3 is 2.81 bits per heavy atom. The van der Waals surface area contributed by atoms with Crippen LogP contribution in [-0.4, -0.2) is 39.0 Å². The number of aromatic amines is 1. The number of imidazole rings is 1. The number of amides is 1. The molecule has 0 fully saturated rings. The first-order valence-corrected chi connectivity index (χ1v) is 4.77. The molecule has 0 saturated carbocycles. The molecule has 0 aliphatic heterocycles. The van der Waals surface area contributed by atoms with E-state index in [1.165, 1.54) is 13.3 Å². The first-order chi connectivity index (χ1) is 7.50. The molecule has 2 atom stereocenters. The van der Waals surface area contributed by atoms with Gasteiger partial charge in [0.15, 0.2) is 0 Å². The fourth-order valence-electron chi connectivity index (χ4n) is 1.11. The molecule has 1 heterocycles. The maximum atomic E-state index is 11.3. The van der Waals surface area contributed by atoms with Gasteiger partial charge < -0.3 is 21.1 Å². The maximum Gasteiger partial charge on any atom is 0.326 e. The van der Waals surface area contributed by atoms with Gasteiger partial charge >= 0.3 is 5.97 Å². The largest absolute Gasteiger partial charge is 0.480 e. The third-order valence-corrected chi connectivity index (χ3v) is 2.00. The molecule has 0 aliphatic carbocycles. The molecule has 0 saturated heterocycles. The second-order valence-corrected chi connectivity index (χ2v) is 3.45. The smallest absolute Gasteiger partial charge is 0.326 e. The molecule has 16 heavy (non-hydrogen) atoms. The number of aliphatic carboxylic acids is 1. The van der Waals surface area contributed by atoms with Crippen molar-refractivity contribution in [2.24, 2.45) is 5.73 Å². The number of hydrogen-bond donors (Lipinski definition) is 4. The third-order valence-electron chi connectivity index (χ3n) is 2.00. The summed E-state index contributed by atoms with van der Waals surface area (Å²) < 4.78 is 0. The van der Waals surface area contributed by atoms with Gasteiger partial charge in [0.05, 0.1) is 18.1 Å². The molecule has 5 N–H and O–H groups in total. The number of carboxylic acids is 1. The van der Waals surface area contributed by atoms with Crippen LogP contribution < -0.4 is 11.1 Å². The second kappa shape index (κ2) is 5.26. The van der Waals surface area contributed by atoms with Crippen molar-refractivity contribution in [1.29, 1.82) is 0 Å². The molecule has 88 valence electrons. The van der Waals surface area contributed by atoms with Crippen LogP contribution in [0.15, 0.2) is 12.5 Å². The van der Waals surface area contributed by atoms with E-state index in [1.54, 1.807) is 6.20 Å². The lowest BCUT2D eigenvalue weighted by Crippen LogP contribution is -2.48. The number of rotatable bonds is 5. The van der Waals surface area contributed by atoms with E-state index < -0.39 is 24.0 Å².